The molecule has 0 unspecified atom stereocenters. The first kappa shape index (κ1) is 14.4. The molecule has 0 saturated carbocycles. The van der Waals surface area contributed by atoms with Gasteiger partial charge in [0.1, 0.15) is 10.6 Å². The third-order valence-corrected chi connectivity index (χ3v) is 3.35. The van der Waals surface area contributed by atoms with Crippen molar-refractivity contribution in [2.45, 2.75) is 26.7 Å². The maximum atomic E-state index is 12.2. The third kappa shape index (κ3) is 3.51. The van der Waals surface area contributed by atoms with Crippen molar-refractivity contribution in [3.63, 3.8) is 0 Å². The van der Waals surface area contributed by atoms with E-state index in [4.69, 9.17) is 4.74 Å². The van der Waals surface area contributed by atoms with Gasteiger partial charge in [0.25, 0.3) is 5.91 Å². The van der Waals surface area contributed by atoms with Crippen LogP contribution in [0.1, 0.15) is 35.6 Å². The Kier molecular flexibility index (Phi) is 5.00. The van der Waals surface area contributed by atoms with Gasteiger partial charge in [-0.05, 0) is 25.5 Å². The molecule has 0 atom stereocenters. The van der Waals surface area contributed by atoms with Crippen molar-refractivity contribution in [3.05, 3.63) is 28.9 Å². The molecule has 0 aromatic carbocycles. The summed E-state index contributed by atoms with van der Waals surface area (Å²) >= 11 is 1.38. The molecule has 2 rings (SSSR count). The van der Waals surface area contributed by atoms with Gasteiger partial charge in [0.05, 0.1) is 6.61 Å². The van der Waals surface area contributed by atoms with Crippen LogP contribution in [-0.2, 0) is 6.42 Å². The number of rotatable bonds is 6. The van der Waals surface area contributed by atoms with Gasteiger partial charge in [0.2, 0.25) is 11.0 Å². The quantitative estimate of drug-likeness (QED) is 0.885. The standard InChI is InChI=1S/C13H16N4O2S/c1-3-6-10-16-17-13(20-10)15-11(18)9-7-5-8-14-12(9)19-4-2/h5,7-8H,3-4,6H2,1-2H3,(H,15,17,18). The van der Waals surface area contributed by atoms with E-state index in [9.17, 15) is 4.79 Å². The average molecular weight is 292 g/mol. The van der Waals surface area contributed by atoms with Gasteiger partial charge in [-0.2, -0.15) is 0 Å². The summed E-state index contributed by atoms with van der Waals surface area (Å²) < 4.78 is 5.34. The third-order valence-electron chi connectivity index (χ3n) is 2.45. The molecule has 0 saturated heterocycles. The van der Waals surface area contributed by atoms with E-state index in [1.165, 1.54) is 11.3 Å². The number of anilines is 1. The van der Waals surface area contributed by atoms with Crippen molar-refractivity contribution in [1.29, 1.82) is 0 Å². The van der Waals surface area contributed by atoms with Gasteiger partial charge in [-0.1, -0.05) is 18.3 Å². The Bertz CT molecular complexity index is 585. The molecule has 20 heavy (non-hydrogen) atoms. The second-order valence-electron chi connectivity index (χ2n) is 3.99. The fourth-order valence-electron chi connectivity index (χ4n) is 1.60. The predicted octanol–water partition coefficient (Wildman–Crippen LogP) is 2.54. The van der Waals surface area contributed by atoms with Crippen LogP contribution in [0.5, 0.6) is 5.88 Å². The Morgan fingerprint density at radius 1 is 1.40 bits per heavy atom. The lowest BCUT2D eigenvalue weighted by Gasteiger charge is -2.07. The molecule has 2 heterocycles. The highest BCUT2D eigenvalue weighted by Gasteiger charge is 2.15. The van der Waals surface area contributed by atoms with Crippen LogP contribution in [0.4, 0.5) is 5.13 Å². The van der Waals surface area contributed by atoms with Gasteiger partial charge in [-0.15, -0.1) is 10.2 Å². The first-order chi connectivity index (χ1) is 9.74. The summed E-state index contributed by atoms with van der Waals surface area (Å²) in [6, 6.07) is 3.36. The molecule has 0 aliphatic rings. The summed E-state index contributed by atoms with van der Waals surface area (Å²) in [6.45, 7) is 4.37. The zero-order valence-corrected chi connectivity index (χ0v) is 12.2. The van der Waals surface area contributed by atoms with E-state index in [-0.39, 0.29) is 5.91 Å². The van der Waals surface area contributed by atoms with Crippen LogP contribution in [0, 0.1) is 0 Å². The summed E-state index contributed by atoms with van der Waals surface area (Å²) in [5, 5.41) is 12.1. The van der Waals surface area contributed by atoms with E-state index < -0.39 is 0 Å². The van der Waals surface area contributed by atoms with Gasteiger partial charge in [-0.25, -0.2) is 4.98 Å². The highest BCUT2D eigenvalue weighted by molar-refractivity contribution is 7.15. The van der Waals surface area contributed by atoms with Gasteiger partial charge < -0.3 is 4.74 Å². The molecule has 0 spiro atoms. The van der Waals surface area contributed by atoms with E-state index in [1.54, 1.807) is 18.3 Å². The lowest BCUT2D eigenvalue weighted by molar-refractivity contribution is 0.102. The second kappa shape index (κ2) is 6.95. The Hall–Kier alpha value is -2.02. The first-order valence-corrected chi connectivity index (χ1v) is 7.27. The van der Waals surface area contributed by atoms with E-state index in [2.05, 4.69) is 27.4 Å². The molecule has 6 nitrogen and oxygen atoms in total. The lowest BCUT2D eigenvalue weighted by Crippen LogP contribution is -2.14. The lowest BCUT2D eigenvalue weighted by atomic mass is 10.2. The molecule has 2 aromatic heterocycles. The molecule has 0 bridgehead atoms. The SMILES string of the molecule is CCCc1nnc(NC(=O)c2cccnc2OCC)s1. The second-order valence-corrected chi connectivity index (χ2v) is 5.06. The number of hydrogen-bond acceptors (Lipinski definition) is 6. The van der Waals surface area contributed by atoms with Crippen LogP contribution in [0.25, 0.3) is 0 Å². The fourth-order valence-corrected chi connectivity index (χ4v) is 2.44. The van der Waals surface area contributed by atoms with Crippen molar-refractivity contribution in [1.82, 2.24) is 15.2 Å². The van der Waals surface area contributed by atoms with Gasteiger partial charge in [0.15, 0.2) is 0 Å². The van der Waals surface area contributed by atoms with Crippen LogP contribution in [0.15, 0.2) is 18.3 Å². The Labute approximate surface area is 121 Å². The molecule has 0 fully saturated rings. The van der Waals surface area contributed by atoms with Crippen LogP contribution in [0.3, 0.4) is 0 Å². The minimum absolute atomic E-state index is 0.291. The number of nitrogens with zero attached hydrogens (tertiary/aromatic N) is 3. The van der Waals surface area contributed by atoms with E-state index in [0.717, 1.165) is 17.8 Å². The van der Waals surface area contributed by atoms with Crippen LogP contribution >= 0.6 is 11.3 Å². The number of carbonyl (C=O) groups is 1. The van der Waals surface area contributed by atoms with Crippen LogP contribution < -0.4 is 10.1 Å². The van der Waals surface area contributed by atoms with Crippen molar-refractivity contribution >= 4 is 22.4 Å². The Morgan fingerprint density at radius 2 is 2.25 bits per heavy atom. The van der Waals surface area contributed by atoms with Crippen LogP contribution in [-0.4, -0.2) is 27.7 Å². The van der Waals surface area contributed by atoms with Crippen molar-refractivity contribution < 1.29 is 9.53 Å². The summed E-state index contributed by atoms with van der Waals surface area (Å²) in [4.78, 5) is 16.2. The van der Waals surface area contributed by atoms with Gasteiger partial charge in [-0.3, -0.25) is 10.1 Å². The molecular formula is C13H16N4O2S. The van der Waals surface area contributed by atoms with Crippen molar-refractivity contribution in [3.8, 4) is 5.88 Å². The molecule has 0 radical (unpaired) electrons. The highest BCUT2D eigenvalue weighted by atomic mass is 32.1. The molecule has 0 aliphatic carbocycles. The summed E-state index contributed by atoms with van der Waals surface area (Å²) in [5.41, 5.74) is 0.390. The Balaban J connectivity index is 2.11. The molecule has 0 aliphatic heterocycles. The normalized spacial score (nSPS) is 10.3. The maximum Gasteiger partial charge on any atom is 0.262 e. The summed E-state index contributed by atoms with van der Waals surface area (Å²) in [7, 11) is 0. The number of aromatic nitrogens is 3. The predicted molar refractivity (Wildman–Crippen MR) is 77.3 cm³/mol. The zero-order valence-electron chi connectivity index (χ0n) is 11.4. The number of nitrogens with one attached hydrogen (secondary N) is 1. The van der Waals surface area contributed by atoms with Crippen molar-refractivity contribution in [2.24, 2.45) is 0 Å². The first-order valence-electron chi connectivity index (χ1n) is 6.46. The smallest absolute Gasteiger partial charge is 0.262 e. The minimum Gasteiger partial charge on any atom is -0.477 e. The number of carbonyl (C=O) groups excluding carboxylic acids is 1. The number of pyridine rings is 1. The highest BCUT2D eigenvalue weighted by Crippen LogP contribution is 2.20. The van der Waals surface area contributed by atoms with Crippen LogP contribution in [0.2, 0.25) is 0 Å². The number of ether oxygens (including phenoxy) is 1. The summed E-state index contributed by atoms with van der Waals surface area (Å²) in [6.07, 6.45) is 3.45. The number of amides is 1. The molecule has 1 amide bonds. The van der Waals surface area contributed by atoms with Gasteiger partial charge in [0, 0.05) is 12.6 Å². The van der Waals surface area contributed by atoms with E-state index in [1.807, 2.05) is 6.92 Å². The molecular weight excluding hydrogens is 276 g/mol. The zero-order chi connectivity index (χ0) is 14.4. The van der Waals surface area contributed by atoms with Crippen molar-refractivity contribution in [2.75, 3.05) is 11.9 Å². The topological polar surface area (TPSA) is 77.0 Å². The molecule has 7 heteroatoms. The van der Waals surface area contributed by atoms with E-state index >= 15 is 0 Å². The largest absolute Gasteiger partial charge is 0.477 e. The van der Waals surface area contributed by atoms with E-state index in [0.29, 0.717) is 23.2 Å². The molecule has 1 N–H and O–H groups in total. The fraction of sp³-hybridized carbons (Fsp3) is 0.385. The number of hydrogen-bond donors (Lipinski definition) is 1. The Morgan fingerprint density at radius 3 is 3.00 bits per heavy atom. The maximum absolute atomic E-state index is 12.2. The monoisotopic (exact) mass is 292 g/mol. The summed E-state index contributed by atoms with van der Waals surface area (Å²) in [5.74, 6) is 0.0338. The minimum atomic E-state index is -0.291. The van der Waals surface area contributed by atoms with Gasteiger partial charge >= 0.3 is 0 Å². The molecule has 106 valence electrons. The average Bonchev–Trinajstić information content (AvgIpc) is 2.87. The molecule has 2 aromatic rings. The number of aryl methyl sites for hydroxylation is 1.